The fourth-order valence-electron chi connectivity index (χ4n) is 5.17. The molecular weight excluding hydrogens is 511 g/mol. The van der Waals surface area contributed by atoms with Gasteiger partial charge in [0.25, 0.3) is 0 Å². The van der Waals surface area contributed by atoms with Crippen LogP contribution in [-0.4, -0.2) is 77.3 Å². The van der Waals surface area contributed by atoms with Crippen LogP contribution in [0.15, 0.2) is 24.4 Å². The molecule has 8 nitrogen and oxygen atoms in total. The highest BCUT2D eigenvalue weighted by molar-refractivity contribution is 5.75. The third kappa shape index (κ3) is 7.52. The number of hydrogen-bond acceptors (Lipinski definition) is 5. The lowest BCUT2D eigenvalue weighted by Gasteiger charge is -2.40. The quantitative estimate of drug-likeness (QED) is 0.431. The molecular formula is C28H42F3N5O3. The highest BCUT2D eigenvalue weighted by atomic mass is 19.1. The standard InChI is InChI=1S/C26H36F3N5O3.C2H6/c1-3-33-14-23(20-10-19(27)4-5-21(20)28)32-25(33)24(17-6-8-37-9-7-17)34(26(36)31-16(2)15-35)13-18-11-30-12-22(18)29;1-2/h4-5,10,14,16-18,22,24,30,35H,3,6-9,11-13,15H2,1-2H3,(H,31,36);1-2H3. The first-order chi connectivity index (χ1) is 18.8. The van der Waals surface area contributed by atoms with Crippen LogP contribution >= 0.6 is 0 Å². The maximum atomic E-state index is 14.7. The van der Waals surface area contributed by atoms with Gasteiger partial charge in [-0.25, -0.2) is 22.9 Å². The molecule has 1 aromatic carbocycles. The number of rotatable bonds is 9. The van der Waals surface area contributed by atoms with Crippen LogP contribution in [0.2, 0.25) is 0 Å². The second-order valence-corrected chi connectivity index (χ2v) is 9.91. The number of nitrogens with one attached hydrogen (secondary N) is 2. The molecule has 2 aliphatic rings. The van der Waals surface area contributed by atoms with Crippen molar-refractivity contribution in [3.05, 3.63) is 41.9 Å². The van der Waals surface area contributed by atoms with Gasteiger partial charge in [-0.05, 0) is 50.8 Å². The number of alkyl halides is 1. The number of carbonyl (C=O) groups excluding carboxylic acids is 1. The Bertz CT molecular complexity index is 1060. The maximum absolute atomic E-state index is 14.7. The number of amides is 2. The van der Waals surface area contributed by atoms with E-state index in [0.717, 1.165) is 18.2 Å². The van der Waals surface area contributed by atoms with E-state index in [1.54, 1.807) is 18.0 Å². The van der Waals surface area contributed by atoms with Gasteiger partial charge in [0, 0.05) is 57.1 Å². The molecule has 3 heterocycles. The summed E-state index contributed by atoms with van der Waals surface area (Å²) in [5.74, 6) is -1.11. The highest BCUT2D eigenvalue weighted by Gasteiger charge is 2.40. The first-order valence-electron chi connectivity index (χ1n) is 13.9. The van der Waals surface area contributed by atoms with Crippen molar-refractivity contribution < 1.29 is 27.8 Å². The third-order valence-corrected chi connectivity index (χ3v) is 7.26. The molecule has 2 aliphatic heterocycles. The van der Waals surface area contributed by atoms with Crippen molar-refractivity contribution in [3.8, 4) is 11.3 Å². The van der Waals surface area contributed by atoms with Crippen molar-refractivity contribution >= 4 is 6.03 Å². The van der Waals surface area contributed by atoms with Crippen molar-refractivity contribution in [1.29, 1.82) is 0 Å². The Labute approximate surface area is 228 Å². The largest absolute Gasteiger partial charge is 0.394 e. The van der Waals surface area contributed by atoms with E-state index < -0.39 is 41.8 Å². The molecule has 2 amide bonds. The Morgan fingerprint density at radius 3 is 2.62 bits per heavy atom. The van der Waals surface area contributed by atoms with Crippen LogP contribution in [0.1, 0.15) is 52.4 Å². The van der Waals surface area contributed by atoms with E-state index in [0.29, 0.717) is 45.0 Å². The number of aryl methyl sites for hydroxylation is 1. The van der Waals surface area contributed by atoms with Gasteiger partial charge in [-0.1, -0.05) is 13.8 Å². The number of imidazole rings is 1. The fraction of sp³-hybridized carbons (Fsp3) is 0.643. The van der Waals surface area contributed by atoms with Gasteiger partial charge in [0.05, 0.1) is 24.4 Å². The van der Waals surface area contributed by atoms with Crippen LogP contribution < -0.4 is 10.6 Å². The predicted octanol–water partition coefficient (Wildman–Crippen LogP) is 4.29. The number of aliphatic hydroxyl groups is 1. The zero-order chi connectivity index (χ0) is 28.5. The van der Waals surface area contributed by atoms with Crippen molar-refractivity contribution in [1.82, 2.24) is 25.1 Å². The van der Waals surface area contributed by atoms with E-state index in [2.05, 4.69) is 10.6 Å². The molecule has 1 aromatic heterocycles. The summed E-state index contributed by atoms with van der Waals surface area (Å²) in [5, 5.41) is 15.4. The topological polar surface area (TPSA) is 91.7 Å². The number of urea groups is 1. The summed E-state index contributed by atoms with van der Waals surface area (Å²) in [7, 11) is 0. The van der Waals surface area contributed by atoms with Crippen LogP contribution in [0.4, 0.5) is 18.0 Å². The predicted molar refractivity (Wildman–Crippen MR) is 144 cm³/mol. The minimum Gasteiger partial charge on any atom is -0.394 e. The normalized spacial score (nSPS) is 21.1. The fourth-order valence-corrected chi connectivity index (χ4v) is 5.17. The van der Waals surface area contributed by atoms with Gasteiger partial charge in [0.15, 0.2) is 0 Å². The first-order valence-corrected chi connectivity index (χ1v) is 13.9. The van der Waals surface area contributed by atoms with E-state index in [9.17, 15) is 23.1 Å². The lowest BCUT2D eigenvalue weighted by atomic mass is 9.89. The van der Waals surface area contributed by atoms with Gasteiger partial charge in [-0.15, -0.1) is 0 Å². The highest BCUT2D eigenvalue weighted by Crippen LogP contribution is 2.37. The summed E-state index contributed by atoms with van der Waals surface area (Å²) < 4.78 is 50.8. The number of carbonyl (C=O) groups is 1. The molecule has 0 aliphatic carbocycles. The minimum absolute atomic E-state index is 0.0351. The number of aliphatic hydroxyl groups excluding tert-OH is 1. The molecule has 0 bridgehead atoms. The Kier molecular flexibility index (Phi) is 11.6. The Morgan fingerprint density at radius 2 is 2.00 bits per heavy atom. The van der Waals surface area contributed by atoms with Crippen molar-refractivity contribution in [2.75, 3.05) is 39.5 Å². The molecule has 11 heteroatoms. The first kappa shape index (κ1) is 30.9. The molecule has 39 heavy (non-hydrogen) atoms. The van der Waals surface area contributed by atoms with Crippen LogP contribution in [-0.2, 0) is 11.3 Å². The molecule has 0 radical (unpaired) electrons. The van der Waals surface area contributed by atoms with Crippen molar-refractivity contribution in [2.24, 2.45) is 11.8 Å². The van der Waals surface area contributed by atoms with Crippen molar-refractivity contribution in [3.63, 3.8) is 0 Å². The number of aromatic nitrogens is 2. The number of ether oxygens (including phenoxy) is 1. The van der Waals surface area contributed by atoms with Crippen LogP contribution in [0.25, 0.3) is 11.3 Å². The van der Waals surface area contributed by atoms with Gasteiger partial charge in [0.2, 0.25) is 0 Å². The monoisotopic (exact) mass is 553 g/mol. The molecule has 4 unspecified atom stereocenters. The van der Waals surface area contributed by atoms with Crippen LogP contribution in [0.5, 0.6) is 0 Å². The lowest BCUT2D eigenvalue weighted by Crippen LogP contribution is -2.51. The van der Waals surface area contributed by atoms with E-state index in [1.807, 2.05) is 25.3 Å². The average molecular weight is 554 g/mol. The third-order valence-electron chi connectivity index (χ3n) is 7.26. The minimum atomic E-state index is -1.11. The Hall–Kier alpha value is -2.63. The Balaban J connectivity index is 0.00000205. The Morgan fingerprint density at radius 1 is 1.28 bits per heavy atom. The average Bonchev–Trinajstić information content (AvgIpc) is 3.57. The second-order valence-electron chi connectivity index (χ2n) is 9.91. The summed E-state index contributed by atoms with van der Waals surface area (Å²) >= 11 is 0. The molecule has 0 saturated carbocycles. The summed E-state index contributed by atoms with van der Waals surface area (Å²) in [6.45, 7) is 9.66. The van der Waals surface area contributed by atoms with Gasteiger partial charge in [-0.2, -0.15) is 0 Å². The van der Waals surface area contributed by atoms with Gasteiger partial charge in [-0.3, -0.25) is 0 Å². The number of halogens is 3. The smallest absolute Gasteiger partial charge is 0.318 e. The van der Waals surface area contributed by atoms with E-state index in [4.69, 9.17) is 9.72 Å². The zero-order valence-corrected chi connectivity index (χ0v) is 23.3. The molecule has 2 aromatic rings. The molecule has 4 atom stereocenters. The molecule has 0 spiro atoms. The van der Waals surface area contributed by atoms with E-state index in [-0.39, 0.29) is 36.9 Å². The molecule has 2 saturated heterocycles. The SMILES string of the molecule is CC.CCn1cc(-c2cc(F)ccc2F)nc1C(C1CCOCC1)N(CC1CNCC1F)C(=O)NC(C)CO. The summed E-state index contributed by atoms with van der Waals surface area (Å²) in [5.41, 5.74) is 0.300. The summed E-state index contributed by atoms with van der Waals surface area (Å²) in [6.07, 6.45) is 1.88. The molecule has 3 N–H and O–H groups in total. The van der Waals surface area contributed by atoms with Gasteiger partial charge < -0.3 is 29.9 Å². The zero-order valence-electron chi connectivity index (χ0n) is 23.3. The number of hydrogen-bond donors (Lipinski definition) is 3. The molecule has 218 valence electrons. The molecule has 4 rings (SSSR count). The number of nitrogens with zero attached hydrogens (tertiary/aromatic N) is 3. The van der Waals surface area contributed by atoms with Gasteiger partial charge >= 0.3 is 6.03 Å². The number of benzene rings is 1. The van der Waals surface area contributed by atoms with Crippen LogP contribution in [0.3, 0.4) is 0 Å². The van der Waals surface area contributed by atoms with Crippen molar-refractivity contribution in [2.45, 2.75) is 65.3 Å². The summed E-state index contributed by atoms with van der Waals surface area (Å²) in [4.78, 5) is 20.0. The van der Waals surface area contributed by atoms with E-state index >= 15 is 0 Å². The summed E-state index contributed by atoms with van der Waals surface area (Å²) in [6, 6.07) is 1.73. The van der Waals surface area contributed by atoms with E-state index in [1.165, 1.54) is 0 Å². The maximum Gasteiger partial charge on any atom is 0.318 e. The van der Waals surface area contributed by atoms with Gasteiger partial charge in [0.1, 0.15) is 23.6 Å². The molecule has 2 fully saturated rings. The van der Waals surface area contributed by atoms with Crippen LogP contribution in [0, 0.1) is 23.5 Å². The lowest BCUT2D eigenvalue weighted by molar-refractivity contribution is 0.0252. The second kappa shape index (κ2) is 14.7.